The highest BCUT2D eigenvalue weighted by Gasteiger charge is 2.20. The van der Waals surface area contributed by atoms with Gasteiger partial charge in [0.1, 0.15) is 11.5 Å². The number of rotatable bonds is 4. The summed E-state index contributed by atoms with van der Waals surface area (Å²) < 4.78 is 11.5. The van der Waals surface area contributed by atoms with Gasteiger partial charge in [0.2, 0.25) is 5.43 Å². The molecular weight excluding hydrogens is 360 g/mol. The molecule has 0 unspecified atom stereocenters. The molecule has 0 aliphatic carbocycles. The van der Waals surface area contributed by atoms with Crippen molar-refractivity contribution in [3.8, 4) is 11.5 Å². The number of fused-ring (bicyclic) bond motifs is 1. The highest BCUT2D eigenvalue weighted by molar-refractivity contribution is 7.16. The molecule has 0 saturated carbocycles. The van der Waals surface area contributed by atoms with Crippen LogP contribution in [0.25, 0.3) is 10.1 Å². The zero-order valence-corrected chi connectivity index (χ0v) is 16.3. The van der Waals surface area contributed by atoms with Crippen LogP contribution in [0.1, 0.15) is 0 Å². The predicted octanol–water partition coefficient (Wildman–Crippen LogP) is 3.61. The van der Waals surface area contributed by atoms with Crippen LogP contribution in [0.5, 0.6) is 11.5 Å². The van der Waals surface area contributed by atoms with Crippen molar-refractivity contribution >= 4 is 32.8 Å². The highest BCUT2D eigenvalue weighted by Crippen LogP contribution is 2.26. The quantitative estimate of drug-likeness (QED) is 0.690. The summed E-state index contributed by atoms with van der Waals surface area (Å²) in [7, 11) is 3.30. The van der Waals surface area contributed by atoms with E-state index in [1.807, 2.05) is 35.7 Å². The zero-order valence-electron chi connectivity index (χ0n) is 15.5. The van der Waals surface area contributed by atoms with Crippen LogP contribution in [0.15, 0.2) is 52.6 Å². The molecule has 27 heavy (non-hydrogen) atoms. The van der Waals surface area contributed by atoms with Gasteiger partial charge in [-0.1, -0.05) is 0 Å². The molecule has 0 amide bonds. The number of benzene rings is 2. The van der Waals surface area contributed by atoms with Gasteiger partial charge in [-0.2, -0.15) is 0 Å². The number of hydrogen-bond acceptors (Lipinski definition) is 6. The minimum Gasteiger partial charge on any atom is -0.497 e. The molecule has 1 saturated heterocycles. The highest BCUT2D eigenvalue weighted by atomic mass is 32.1. The Labute approximate surface area is 162 Å². The first-order chi connectivity index (χ1) is 13.2. The van der Waals surface area contributed by atoms with E-state index in [2.05, 4.69) is 21.9 Å². The van der Waals surface area contributed by atoms with E-state index >= 15 is 0 Å². The predicted molar refractivity (Wildman–Crippen MR) is 112 cm³/mol. The number of anilines is 2. The van der Waals surface area contributed by atoms with Crippen molar-refractivity contribution in [2.45, 2.75) is 0 Å². The lowest BCUT2D eigenvalue weighted by Crippen LogP contribution is -2.47. The van der Waals surface area contributed by atoms with E-state index in [0.717, 1.165) is 47.7 Å². The Morgan fingerprint density at radius 2 is 1.48 bits per heavy atom. The first-order valence-electron chi connectivity index (χ1n) is 8.93. The average molecular weight is 382 g/mol. The van der Waals surface area contributed by atoms with Gasteiger partial charge in [-0.15, -0.1) is 11.3 Å². The van der Waals surface area contributed by atoms with E-state index < -0.39 is 0 Å². The Balaban J connectivity index is 1.53. The summed E-state index contributed by atoms with van der Waals surface area (Å²) in [5, 5.41) is 2.72. The second-order valence-corrected chi connectivity index (χ2v) is 7.40. The number of hydrogen-bond donors (Lipinski definition) is 0. The molecule has 1 aliphatic heterocycles. The average Bonchev–Trinajstić information content (AvgIpc) is 2.74. The van der Waals surface area contributed by atoms with E-state index in [1.54, 1.807) is 25.6 Å². The van der Waals surface area contributed by atoms with Crippen LogP contribution in [0.3, 0.4) is 0 Å². The van der Waals surface area contributed by atoms with Crippen molar-refractivity contribution < 1.29 is 9.47 Å². The third-order valence-corrected chi connectivity index (χ3v) is 5.97. The van der Waals surface area contributed by atoms with E-state index in [9.17, 15) is 4.79 Å². The summed E-state index contributed by atoms with van der Waals surface area (Å²) in [6, 6.07) is 13.8. The van der Waals surface area contributed by atoms with E-state index in [0.29, 0.717) is 5.75 Å². The third kappa shape index (κ3) is 3.45. The monoisotopic (exact) mass is 382 g/mol. The fourth-order valence-corrected chi connectivity index (χ4v) is 4.36. The summed E-state index contributed by atoms with van der Waals surface area (Å²) in [4.78, 5) is 17.5. The molecule has 3 aromatic rings. The lowest BCUT2D eigenvalue weighted by Gasteiger charge is -2.37. The minimum absolute atomic E-state index is 0.0838. The normalized spacial score (nSPS) is 14.4. The summed E-state index contributed by atoms with van der Waals surface area (Å²) in [6.45, 7) is 3.41. The standard InChI is InChI=1S/C21H22N2O3S/c1-25-16-5-3-15(4-6-16)22-9-11-23(12-10-22)19-14-27-20-8-7-17(26-2)13-18(20)21(19)24/h3-8,13-14H,9-12H2,1-2H3. The first-order valence-corrected chi connectivity index (χ1v) is 9.81. The van der Waals surface area contributed by atoms with Crippen LogP contribution in [-0.4, -0.2) is 40.4 Å². The Hall–Kier alpha value is -2.73. The Morgan fingerprint density at radius 3 is 2.15 bits per heavy atom. The van der Waals surface area contributed by atoms with Gasteiger partial charge in [0.15, 0.2) is 0 Å². The van der Waals surface area contributed by atoms with Crippen LogP contribution >= 0.6 is 11.3 Å². The smallest absolute Gasteiger partial charge is 0.211 e. The maximum absolute atomic E-state index is 13.0. The van der Waals surface area contributed by atoms with Gasteiger partial charge in [0.25, 0.3) is 0 Å². The minimum atomic E-state index is 0.0838. The van der Waals surface area contributed by atoms with Gasteiger partial charge in [-0.3, -0.25) is 4.79 Å². The molecular formula is C21H22N2O3S. The molecule has 6 heteroatoms. The lowest BCUT2D eigenvalue weighted by atomic mass is 10.2. The van der Waals surface area contributed by atoms with Crippen molar-refractivity contribution in [3.05, 3.63) is 58.1 Å². The summed E-state index contributed by atoms with van der Waals surface area (Å²) in [5.74, 6) is 1.58. The number of piperazine rings is 1. The topological polar surface area (TPSA) is 42.0 Å². The molecule has 2 heterocycles. The van der Waals surface area contributed by atoms with E-state index in [-0.39, 0.29) is 5.43 Å². The molecule has 2 aromatic carbocycles. The SMILES string of the molecule is COc1ccc(N2CCN(c3csc4ccc(OC)cc4c3=O)CC2)cc1. The summed E-state index contributed by atoms with van der Waals surface area (Å²) in [5.41, 5.74) is 2.06. The fourth-order valence-electron chi connectivity index (χ4n) is 3.44. The Kier molecular flexibility index (Phi) is 4.90. The van der Waals surface area contributed by atoms with Crippen molar-refractivity contribution in [3.63, 3.8) is 0 Å². The number of methoxy groups -OCH3 is 2. The Bertz CT molecular complexity index is 992. The molecule has 0 N–H and O–H groups in total. The van der Waals surface area contributed by atoms with E-state index in [4.69, 9.17) is 9.47 Å². The van der Waals surface area contributed by atoms with Crippen molar-refractivity contribution in [2.24, 2.45) is 0 Å². The third-order valence-electron chi connectivity index (χ3n) is 5.02. The van der Waals surface area contributed by atoms with Crippen molar-refractivity contribution in [1.29, 1.82) is 0 Å². The van der Waals surface area contributed by atoms with Crippen LogP contribution in [0, 0.1) is 0 Å². The van der Waals surface area contributed by atoms with Crippen LogP contribution in [-0.2, 0) is 0 Å². The number of nitrogens with zero attached hydrogens (tertiary/aromatic N) is 2. The van der Waals surface area contributed by atoms with Gasteiger partial charge in [0, 0.05) is 47.3 Å². The Morgan fingerprint density at radius 1 is 0.852 bits per heavy atom. The molecule has 0 radical (unpaired) electrons. The summed E-state index contributed by atoms with van der Waals surface area (Å²) >= 11 is 1.61. The van der Waals surface area contributed by atoms with Crippen LogP contribution in [0.4, 0.5) is 11.4 Å². The van der Waals surface area contributed by atoms with Gasteiger partial charge in [0.05, 0.1) is 19.9 Å². The second kappa shape index (κ2) is 7.48. The second-order valence-electron chi connectivity index (χ2n) is 6.48. The van der Waals surface area contributed by atoms with Crippen molar-refractivity contribution in [1.82, 2.24) is 0 Å². The van der Waals surface area contributed by atoms with Crippen LogP contribution < -0.4 is 24.7 Å². The molecule has 1 fully saturated rings. The largest absolute Gasteiger partial charge is 0.497 e. The molecule has 0 spiro atoms. The lowest BCUT2D eigenvalue weighted by molar-refractivity contribution is 0.415. The molecule has 0 atom stereocenters. The number of ether oxygens (including phenoxy) is 2. The first kappa shape index (κ1) is 17.7. The van der Waals surface area contributed by atoms with Gasteiger partial charge < -0.3 is 19.3 Å². The van der Waals surface area contributed by atoms with Gasteiger partial charge in [-0.25, -0.2) is 0 Å². The van der Waals surface area contributed by atoms with Crippen LogP contribution in [0.2, 0.25) is 0 Å². The van der Waals surface area contributed by atoms with E-state index in [1.165, 1.54) is 5.69 Å². The molecule has 1 aliphatic rings. The maximum Gasteiger partial charge on any atom is 0.211 e. The molecule has 1 aromatic heterocycles. The molecule has 0 bridgehead atoms. The van der Waals surface area contributed by atoms with Crippen molar-refractivity contribution in [2.75, 3.05) is 50.2 Å². The molecule has 140 valence electrons. The molecule has 4 rings (SSSR count). The maximum atomic E-state index is 13.0. The summed E-state index contributed by atoms with van der Waals surface area (Å²) in [6.07, 6.45) is 0. The fraction of sp³-hybridized carbons (Fsp3) is 0.286. The molecule has 5 nitrogen and oxygen atoms in total. The van der Waals surface area contributed by atoms with Gasteiger partial charge >= 0.3 is 0 Å². The van der Waals surface area contributed by atoms with Gasteiger partial charge in [-0.05, 0) is 42.5 Å². The zero-order chi connectivity index (χ0) is 18.8.